The minimum absolute atomic E-state index is 0.554. The summed E-state index contributed by atoms with van der Waals surface area (Å²) in [6.45, 7) is 5.11. The largest absolute Gasteiger partial charge is 0.465 e. The van der Waals surface area contributed by atoms with E-state index in [0.29, 0.717) is 19.0 Å². The van der Waals surface area contributed by atoms with Crippen LogP contribution in [-0.2, 0) is 6.42 Å². The standard InChI is InChI=1S/C19H22N2O3.C2H7N/c1-3-4-15-6-7-16-17(20-24-18(16)13(15)2)8-5-14-9-11-21(12-10-14)19(22)23;1-3-2/h6-7,14H,5,8-12H2,1-2H3,(H,22,23);3H,1-2H3. The van der Waals surface area contributed by atoms with Crippen LogP contribution in [0.3, 0.4) is 0 Å². The first-order valence-electron chi connectivity index (χ1n) is 9.38. The maximum atomic E-state index is 11.0. The van der Waals surface area contributed by atoms with Crippen molar-refractivity contribution in [3.63, 3.8) is 0 Å². The van der Waals surface area contributed by atoms with Gasteiger partial charge in [0.05, 0.1) is 5.69 Å². The molecule has 1 fully saturated rings. The highest BCUT2D eigenvalue weighted by Crippen LogP contribution is 2.28. The van der Waals surface area contributed by atoms with Gasteiger partial charge in [-0.3, -0.25) is 0 Å². The van der Waals surface area contributed by atoms with Gasteiger partial charge in [-0.1, -0.05) is 11.1 Å². The van der Waals surface area contributed by atoms with E-state index in [-0.39, 0.29) is 0 Å². The molecule has 2 N–H and O–H groups in total. The summed E-state index contributed by atoms with van der Waals surface area (Å²) >= 11 is 0. The fourth-order valence-electron chi connectivity index (χ4n) is 3.39. The van der Waals surface area contributed by atoms with E-state index in [1.165, 1.54) is 4.90 Å². The summed E-state index contributed by atoms with van der Waals surface area (Å²) in [7, 11) is 3.75. The zero-order chi connectivity index (χ0) is 19.8. The molecule has 2 heterocycles. The molecule has 146 valence electrons. The quantitative estimate of drug-likeness (QED) is 0.805. The molecule has 0 radical (unpaired) electrons. The van der Waals surface area contributed by atoms with Crippen molar-refractivity contribution in [2.75, 3.05) is 27.2 Å². The van der Waals surface area contributed by atoms with E-state index in [4.69, 9.17) is 9.63 Å². The summed E-state index contributed by atoms with van der Waals surface area (Å²) in [5.74, 6) is 6.56. The number of rotatable bonds is 3. The van der Waals surface area contributed by atoms with E-state index in [9.17, 15) is 4.79 Å². The molecule has 1 aromatic carbocycles. The Balaban J connectivity index is 0.000000817. The summed E-state index contributed by atoms with van der Waals surface area (Å²) < 4.78 is 5.55. The van der Waals surface area contributed by atoms with Crippen molar-refractivity contribution in [3.8, 4) is 11.8 Å². The van der Waals surface area contributed by atoms with Gasteiger partial charge in [0.1, 0.15) is 0 Å². The third-order valence-corrected chi connectivity index (χ3v) is 4.90. The monoisotopic (exact) mass is 371 g/mol. The average Bonchev–Trinajstić information content (AvgIpc) is 3.07. The number of hydrogen-bond acceptors (Lipinski definition) is 4. The summed E-state index contributed by atoms with van der Waals surface area (Å²) in [6, 6.07) is 4.07. The normalized spacial score (nSPS) is 14.3. The lowest BCUT2D eigenvalue weighted by Crippen LogP contribution is -2.37. The lowest BCUT2D eigenvalue weighted by molar-refractivity contribution is 0.123. The highest BCUT2D eigenvalue weighted by Gasteiger charge is 2.22. The van der Waals surface area contributed by atoms with Crippen LogP contribution in [0, 0.1) is 24.7 Å². The number of carboxylic acid groups (broad SMARTS) is 1. The van der Waals surface area contributed by atoms with E-state index in [1.807, 2.05) is 40.1 Å². The van der Waals surface area contributed by atoms with Crippen molar-refractivity contribution >= 4 is 17.1 Å². The molecule has 0 atom stereocenters. The number of aryl methyl sites for hydroxylation is 2. The highest BCUT2D eigenvalue weighted by atomic mass is 16.5. The van der Waals surface area contributed by atoms with Crippen molar-refractivity contribution in [1.82, 2.24) is 15.4 Å². The number of benzene rings is 1. The molecule has 6 heteroatoms. The Morgan fingerprint density at radius 3 is 2.63 bits per heavy atom. The molecule has 1 aliphatic heterocycles. The van der Waals surface area contributed by atoms with Gasteiger partial charge >= 0.3 is 6.09 Å². The zero-order valence-electron chi connectivity index (χ0n) is 16.6. The lowest BCUT2D eigenvalue weighted by atomic mass is 9.91. The fourth-order valence-corrected chi connectivity index (χ4v) is 3.39. The van der Waals surface area contributed by atoms with Gasteiger partial charge in [-0.25, -0.2) is 4.79 Å². The lowest BCUT2D eigenvalue weighted by Gasteiger charge is -2.29. The SMILES string of the molecule is CC#Cc1ccc2c(CCC3CCN(C(=O)O)CC3)noc2c1C.CNC. The van der Waals surface area contributed by atoms with Crippen LogP contribution in [0.1, 0.15) is 43.0 Å². The summed E-state index contributed by atoms with van der Waals surface area (Å²) in [6.07, 6.45) is 2.93. The second-order valence-corrected chi connectivity index (χ2v) is 6.87. The van der Waals surface area contributed by atoms with Crippen LogP contribution in [0.5, 0.6) is 0 Å². The number of amides is 1. The number of nitrogens with zero attached hydrogens (tertiary/aromatic N) is 2. The summed E-state index contributed by atoms with van der Waals surface area (Å²) in [5, 5.41) is 17.1. The maximum absolute atomic E-state index is 11.0. The zero-order valence-corrected chi connectivity index (χ0v) is 16.6. The van der Waals surface area contributed by atoms with E-state index < -0.39 is 6.09 Å². The van der Waals surface area contributed by atoms with E-state index in [1.54, 1.807) is 0 Å². The molecule has 27 heavy (non-hydrogen) atoms. The number of piperidine rings is 1. The van der Waals surface area contributed by atoms with E-state index in [2.05, 4.69) is 22.3 Å². The molecule has 0 saturated carbocycles. The van der Waals surface area contributed by atoms with Crippen molar-refractivity contribution in [1.29, 1.82) is 0 Å². The van der Waals surface area contributed by atoms with Crippen LogP contribution in [0.4, 0.5) is 4.79 Å². The second kappa shape index (κ2) is 9.98. The van der Waals surface area contributed by atoms with Crippen LogP contribution in [0.25, 0.3) is 11.0 Å². The van der Waals surface area contributed by atoms with Crippen LogP contribution < -0.4 is 5.32 Å². The van der Waals surface area contributed by atoms with Gasteiger partial charge in [-0.15, -0.1) is 5.92 Å². The molecule has 1 amide bonds. The average molecular weight is 371 g/mol. The molecule has 1 aliphatic rings. The van der Waals surface area contributed by atoms with Crippen LogP contribution in [-0.4, -0.2) is 48.4 Å². The number of likely N-dealkylation sites (tertiary alicyclic amines) is 1. The van der Waals surface area contributed by atoms with E-state index in [0.717, 1.165) is 53.5 Å². The van der Waals surface area contributed by atoms with Crippen molar-refractivity contribution in [2.24, 2.45) is 5.92 Å². The Hall–Kier alpha value is -2.52. The molecule has 0 unspecified atom stereocenters. The van der Waals surface area contributed by atoms with Crippen molar-refractivity contribution in [2.45, 2.75) is 39.5 Å². The smallest absolute Gasteiger partial charge is 0.407 e. The summed E-state index contributed by atoms with van der Waals surface area (Å²) in [5.41, 5.74) is 3.83. The van der Waals surface area contributed by atoms with Crippen LogP contribution in [0.15, 0.2) is 16.7 Å². The first-order chi connectivity index (χ1) is 13.0. The molecule has 0 bridgehead atoms. The molecular formula is C21H29N3O3. The molecule has 3 rings (SSSR count). The second-order valence-electron chi connectivity index (χ2n) is 6.87. The molecule has 0 spiro atoms. The number of nitrogens with one attached hydrogen (secondary N) is 1. The Bertz CT molecular complexity index is 824. The third-order valence-electron chi connectivity index (χ3n) is 4.90. The number of carbonyl (C=O) groups is 1. The highest BCUT2D eigenvalue weighted by molar-refractivity contribution is 5.84. The Kier molecular flexibility index (Phi) is 7.68. The van der Waals surface area contributed by atoms with Gasteiger partial charge in [-0.2, -0.15) is 0 Å². The van der Waals surface area contributed by atoms with Crippen molar-refractivity contribution in [3.05, 3.63) is 29.0 Å². The van der Waals surface area contributed by atoms with Gasteiger partial charge in [0.2, 0.25) is 0 Å². The molecule has 1 saturated heterocycles. The topological polar surface area (TPSA) is 78.6 Å². The molecule has 0 aliphatic carbocycles. The molecule has 6 nitrogen and oxygen atoms in total. The number of aromatic nitrogens is 1. The summed E-state index contributed by atoms with van der Waals surface area (Å²) in [4.78, 5) is 12.5. The minimum atomic E-state index is -0.808. The van der Waals surface area contributed by atoms with Gasteiger partial charge in [-0.05, 0) is 71.7 Å². The first kappa shape index (κ1) is 20.8. The Labute approximate surface area is 160 Å². The molecule has 1 aromatic heterocycles. The first-order valence-corrected chi connectivity index (χ1v) is 9.38. The van der Waals surface area contributed by atoms with Gasteiger partial charge in [0.15, 0.2) is 5.58 Å². The van der Waals surface area contributed by atoms with Gasteiger partial charge in [0, 0.05) is 29.6 Å². The third kappa shape index (κ3) is 5.24. The molecule has 2 aromatic rings. The predicted molar refractivity (Wildman–Crippen MR) is 107 cm³/mol. The van der Waals surface area contributed by atoms with Gasteiger partial charge < -0.3 is 19.8 Å². The number of hydrogen-bond donors (Lipinski definition) is 2. The predicted octanol–water partition coefficient (Wildman–Crippen LogP) is 3.67. The number of fused-ring (bicyclic) bond motifs is 1. The van der Waals surface area contributed by atoms with Crippen molar-refractivity contribution < 1.29 is 14.4 Å². The molecular weight excluding hydrogens is 342 g/mol. The van der Waals surface area contributed by atoms with Gasteiger partial charge in [0.25, 0.3) is 0 Å². The van der Waals surface area contributed by atoms with E-state index >= 15 is 0 Å². The minimum Gasteiger partial charge on any atom is -0.465 e. The Morgan fingerprint density at radius 1 is 1.37 bits per heavy atom. The van der Waals surface area contributed by atoms with Crippen LogP contribution in [0.2, 0.25) is 0 Å². The maximum Gasteiger partial charge on any atom is 0.407 e. The van der Waals surface area contributed by atoms with Crippen LogP contribution >= 0.6 is 0 Å². The fraction of sp³-hybridized carbons (Fsp3) is 0.524. The Morgan fingerprint density at radius 2 is 2.04 bits per heavy atom.